The minimum Gasteiger partial charge on any atom is -0.240 e. The number of hydrogen-bond acceptors (Lipinski definition) is 0. The Morgan fingerprint density at radius 1 is 0.650 bits per heavy atom. The van der Waals surface area contributed by atoms with Gasteiger partial charge in [-0.2, -0.15) is 0 Å². The Labute approximate surface area is 122 Å². The predicted octanol–water partition coefficient (Wildman–Crippen LogP) is 1.98. The lowest BCUT2D eigenvalue weighted by molar-refractivity contribution is -0.671. The van der Waals surface area contributed by atoms with Gasteiger partial charge in [-0.3, -0.25) is 0 Å². The van der Waals surface area contributed by atoms with E-state index >= 15 is 0 Å². The molecule has 0 unspecified atom stereocenters. The van der Waals surface area contributed by atoms with Gasteiger partial charge in [0.2, 0.25) is 12.7 Å². The third-order valence-corrected chi connectivity index (χ3v) is 3.73. The molecule has 2 aromatic heterocycles. The van der Waals surface area contributed by atoms with Crippen LogP contribution in [0.1, 0.15) is 38.5 Å². The van der Waals surface area contributed by atoms with E-state index < -0.39 is 0 Å². The van der Waals surface area contributed by atoms with Crippen LogP contribution in [0.25, 0.3) is 0 Å². The van der Waals surface area contributed by atoms with Gasteiger partial charge in [-0.25, -0.2) is 18.3 Å². The molecule has 2 aromatic rings. The summed E-state index contributed by atoms with van der Waals surface area (Å²) in [4.78, 5) is 0. The number of unbranched alkanes of at least 4 members (excludes halogenated alkanes) is 5. The van der Waals surface area contributed by atoms with Gasteiger partial charge in [0.1, 0.15) is 24.8 Å². The second kappa shape index (κ2) is 7.88. The fourth-order valence-corrected chi connectivity index (χ4v) is 2.56. The highest BCUT2D eigenvalue weighted by molar-refractivity contribution is 4.66. The molecule has 0 aliphatic carbocycles. The van der Waals surface area contributed by atoms with Crippen molar-refractivity contribution in [1.29, 1.82) is 0 Å². The van der Waals surface area contributed by atoms with Crippen LogP contribution < -0.4 is 9.13 Å². The van der Waals surface area contributed by atoms with E-state index in [9.17, 15) is 0 Å². The molecule has 0 amide bonds. The van der Waals surface area contributed by atoms with Gasteiger partial charge in [-0.15, -0.1) is 0 Å². The first-order valence-corrected chi connectivity index (χ1v) is 7.76. The molecule has 0 saturated carbocycles. The van der Waals surface area contributed by atoms with Crippen molar-refractivity contribution in [1.82, 2.24) is 9.13 Å². The number of imidazole rings is 2. The summed E-state index contributed by atoms with van der Waals surface area (Å²) in [6.07, 6.45) is 20.8. The average molecular weight is 276 g/mol. The van der Waals surface area contributed by atoms with Crippen molar-refractivity contribution in [2.45, 2.75) is 51.6 Å². The van der Waals surface area contributed by atoms with Crippen LogP contribution in [0.15, 0.2) is 37.4 Å². The number of aromatic nitrogens is 4. The van der Waals surface area contributed by atoms with Gasteiger partial charge in [0.05, 0.1) is 27.2 Å². The Bertz CT molecular complexity index is 452. The van der Waals surface area contributed by atoms with Crippen LogP contribution in [-0.2, 0) is 27.2 Å². The van der Waals surface area contributed by atoms with Crippen LogP contribution in [0.5, 0.6) is 0 Å². The largest absolute Gasteiger partial charge is 0.243 e. The zero-order valence-corrected chi connectivity index (χ0v) is 12.9. The predicted molar refractivity (Wildman–Crippen MR) is 78.9 cm³/mol. The molecule has 0 N–H and O–H groups in total. The van der Waals surface area contributed by atoms with Crippen molar-refractivity contribution in [3.63, 3.8) is 0 Å². The van der Waals surface area contributed by atoms with E-state index in [1.54, 1.807) is 0 Å². The summed E-state index contributed by atoms with van der Waals surface area (Å²) in [6, 6.07) is 0. The quantitative estimate of drug-likeness (QED) is 0.492. The first-order valence-electron chi connectivity index (χ1n) is 7.76. The molecule has 0 atom stereocenters. The lowest BCUT2D eigenvalue weighted by atomic mass is 10.1. The van der Waals surface area contributed by atoms with Gasteiger partial charge in [0.25, 0.3) is 0 Å². The normalized spacial score (nSPS) is 11.1. The molecule has 0 bridgehead atoms. The molecule has 2 heterocycles. The van der Waals surface area contributed by atoms with Gasteiger partial charge >= 0.3 is 0 Å². The van der Waals surface area contributed by atoms with Crippen LogP contribution in [0, 0.1) is 0 Å². The molecule has 0 spiro atoms. The minimum atomic E-state index is 1.15. The molecular weight excluding hydrogens is 248 g/mol. The summed E-state index contributed by atoms with van der Waals surface area (Å²) in [5, 5.41) is 0. The minimum absolute atomic E-state index is 1.15. The summed E-state index contributed by atoms with van der Waals surface area (Å²) in [6.45, 7) is 2.31. The fourth-order valence-electron chi connectivity index (χ4n) is 2.56. The standard InChI is InChI=1S/C16H28N4/c1-17-11-13-19(15-17)9-7-5-3-4-6-8-10-20-14-12-18(2)16-20/h11-16H,3-10H2,1-2H3/q+2. The van der Waals surface area contributed by atoms with Crippen LogP contribution in [0.4, 0.5) is 0 Å². The van der Waals surface area contributed by atoms with Crippen LogP contribution in [-0.4, -0.2) is 9.13 Å². The third kappa shape index (κ3) is 5.19. The van der Waals surface area contributed by atoms with Crippen molar-refractivity contribution in [2.24, 2.45) is 14.1 Å². The summed E-state index contributed by atoms with van der Waals surface area (Å²) in [5.41, 5.74) is 0. The van der Waals surface area contributed by atoms with Crippen molar-refractivity contribution < 1.29 is 9.13 Å². The summed E-state index contributed by atoms with van der Waals surface area (Å²) >= 11 is 0. The Hall–Kier alpha value is -1.58. The SMILES string of the molecule is C[n+]1ccn(CCCCCCCCn2cc[n+](C)c2)c1. The third-order valence-electron chi connectivity index (χ3n) is 3.73. The first-order chi connectivity index (χ1) is 9.74. The van der Waals surface area contributed by atoms with E-state index in [4.69, 9.17) is 0 Å². The molecular formula is C16H28N4+2. The Morgan fingerprint density at radius 2 is 1.05 bits per heavy atom. The first kappa shape index (κ1) is 14.8. The van der Waals surface area contributed by atoms with Crippen molar-refractivity contribution in [2.75, 3.05) is 0 Å². The summed E-state index contributed by atoms with van der Waals surface area (Å²) in [7, 11) is 4.14. The second-order valence-electron chi connectivity index (χ2n) is 5.76. The van der Waals surface area contributed by atoms with Gasteiger partial charge < -0.3 is 0 Å². The molecule has 20 heavy (non-hydrogen) atoms. The summed E-state index contributed by atoms with van der Waals surface area (Å²) < 4.78 is 8.74. The monoisotopic (exact) mass is 276 g/mol. The van der Waals surface area contributed by atoms with Crippen LogP contribution >= 0.6 is 0 Å². The topological polar surface area (TPSA) is 17.6 Å². The Kier molecular flexibility index (Phi) is 5.84. The Morgan fingerprint density at radius 3 is 1.40 bits per heavy atom. The smallest absolute Gasteiger partial charge is 0.240 e. The van der Waals surface area contributed by atoms with E-state index in [-0.39, 0.29) is 0 Å². The van der Waals surface area contributed by atoms with Gasteiger partial charge in [-0.1, -0.05) is 12.8 Å². The molecule has 0 aliphatic rings. The van der Waals surface area contributed by atoms with Crippen LogP contribution in [0.3, 0.4) is 0 Å². The number of rotatable bonds is 9. The van der Waals surface area contributed by atoms with E-state index in [1.807, 2.05) is 0 Å². The lowest BCUT2D eigenvalue weighted by Crippen LogP contribution is -2.23. The molecule has 4 heteroatoms. The maximum Gasteiger partial charge on any atom is 0.243 e. The molecule has 0 aliphatic heterocycles. The average Bonchev–Trinajstić information content (AvgIpc) is 3.02. The number of nitrogens with zero attached hydrogens (tertiary/aromatic N) is 4. The maximum absolute atomic E-state index is 2.27. The van der Waals surface area contributed by atoms with Gasteiger partial charge in [0, 0.05) is 0 Å². The maximum atomic E-state index is 2.27. The highest BCUT2D eigenvalue weighted by atomic mass is 15.1. The highest BCUT2D eigenvalue weighted by Gasteiger charge is 2.01. The zero-order chi connectivity index (χ0) is 14.2. The second-order valence-corrected chi connectivity index (χ2v) is 5.76. The van der Waals surface area contributed by atoms with Crippen molar-refractivity contribution in [3.8, 4) is 0 Å². The van der Waals surface area contributed by atoms with E-state index in [1.165, 1.54) is 38.5 Å². The zero-order valence-electron chi connectivity index (χ0n) is 12.9. The lowest BCUT2D eigenvalue weighted by Gasteiger charge is -2.00. The van der Waals surface area contributed by atoms with Crippen molar-refractivity contribution >= 4 is 0 Å². The molecule has 0 fully saturated rings. The van der Waals surface area contributed by atoms with Crippen LogP contribution in [0.2, 0.25) is 0 Å². The van der Waals surface area contributed by atoms with E-state index in [2.05, 4.69) is 69.8 Å². The van der Waals surface area contributed by atoms with Crippen molar-refractivity contribution in [3.05, 3.63) is 37.4 Å². The molecule has 0 saturated heterocycles. The molecule has 0 radical (unpaired) electrons. The summed E-state index contributed by atoms with van der Waals surface area (Å²) in [5.74, 6) is 0. The Balaban J connectivity index is 1.44. The molecule has 4 nitrogen and oxygen atoms in total. The van der Waals surface area contributed by atoms with E-state index in [0.29, 0.717) is 0 Å². The number of hydrogen-bond donors (Lipinski definition) is 0. The number of aryl methyl sites for hydroxylation is 4. The van der Waals surface area contributed by atoms with Gasteiger partial charge in [0.15, 0.2) is 0 Å². The van der Waals surface area contributed by atoms with Gasteiger partial charge in [-0.05, 0) is 25.7 Å². The highest BCUT2D eigenvalue weighted by Crippen LogP contribution is 2.07. The van der Waals surface area contributed by atoms with E-state index in [0.717, 1.165) is 13.1 Å². The fraction of sp³-hybridized carbons (Fsp3) is 0.625. The molecule has 110 valence electrons. The molecule has 2 rings (SSSR count). The molecule has 0 aromatic carbocycles.